The lowest BCUT2D eigenvalue weighted by molar-refractivity contribution is 0.138. The van der Waals surface area contributed by atoms with E-state index in [0.717, 1.165) is 19.6 Å². The molecule has 0 aliphatic carbocycles. The molecule has 0 spiro atoms. The van der Waals surface area contributed by atoms with Crippen LogP contribution in [0.4, 0.5) is 4.39 Å². The smallest absolute Gasteiger partial charge is 0.126 e. The summed E-state index contributed by atoms with van der Waals surface area (Å²) < 4.78 is 13.5. The van der Waals surface area contributed by atoms with Crippen LogP contribution in [-0.2, 0) is 0 Å². The van der Waals surface area contributed by atoms with E-state index in [0.29, 0.717) is 17.5 Å². The normalized spacial score (nSPS) is 19.4. The number of aryl methyl sites for hydroxylation is 1. The van der Waals surface area contributed by atoms with Crippen LogP contribution in [0.25, 0.3) is 0 Å². The molecule has 2 nitrogen and oxygen atoms in total. The van der Waals surface area contributed by atoms with Crippen molar-refractivity contribution in [3.05, 3.63) is 35.1 Å². The van der Waals surface area contributed by atoms with Crippen LogP contribution in [0.15, 0.2) is 18.2 Å². The predicted octanol–water partition coefficient (Wildman–Crippen LogP) is 3.82. The fourth-order valence-corrected chi connectivity index (χ4v) is 2.82. The Labute approximate surface area is 121 Å². The van der Waals surface area contributed by atoms with Gasteiger partial charge in [0, 0.05) is 6.54 Å². The summed E-state index contributed by atoms with van der Waals surface area (Å²) in [5.41, 5.74) is 1.32. The Hall–Kier alpha value is -0.930. The summed E-state index contributed by atoms with van der Waals surface area (Å²) in [6.07, 6.45) is 6.65. The van der Waals surface area contributed by atoms with Crippen molar-refractivity contribution in [2.75, 3.05) is 19.6 Å². The number of halogens is 1. The second-order valence-electron chi connectivity index (χ2n) is 5.92. The molecule has 1 atom stereocenters. The number of aliphatic hydroxyl groups excluding tert-OH is 1. The highest BCUT2D eigenvalue weighted by molar-refractivity contribution is 5.24. The van der Waals surface area contributed by atoms with Gasteiger partial charge in [-0.15, -0.1) is 0 Å². The topological polar surface area (TPSA) is 23.5 Å². The monoisotopic (exact) mass is 279 g/mol. The zero-order valence-corrected chi connectivity index (χ0v) is 12.4. The molecule has 1 N–H and O–H groups in total. The molecular formula is C17H26FNO. The van der Waals surface area contributed by atoms with E-state index in [9.17, 15) is 9.50 Å². The minimum Gasteiger partial charge on any atom is -0.388 e. The minimum absolute atomic E-state index is 0.229. The van der Waals surface area contributed by atoms with E-state index < -0.39 is 6.10 Å². The van der Waals surface area contributed by atoms with Crippen LogP contribution in [0.2, 0.25) is 0 Å². The zero-order valence-electron chi connectivity index (χ0n) is 12.4. The Morgan fingerprint density at radius 3 is 2.45 bits per heavy atom. The summed E-state index contributed by atoms with van der Waals surface area (Å²) in [5.74, 6) is -0.229. The molecule has 2 rings (SSSR count). The zero-order chi connectivity index (χ0) is 14.4. The third kappa shape index (κ3) is 4.57. The van der Waals surface area contributed by atoms with Gasteiger partial charge in [0.2, 0.25) is 0 Å². The van der Waals surface area contributed by atoms with Gasteiger partial charge in [-0.3, -0.25) is 0 Å². The third-order valence-electron chi connectivity index (χ3n) is 4.25. The first-order valence-corrected chi connectivity index (χ1v) is 7.83. The molecule has 1 fully saturated rings. The molecule has 1 aromatic rings. The van der Waals surface area contributed by atoms with Crippen LogP contribution < -0.4 is 0 Å². The average molecular weight is 279 g/mol. The number of hydrogen-bond donors (Lipinski definition) is 1. The summed E-state index contributed by atoms with van der Waals surface area (Å²) in [5, 5.41) is 10.2. The molecule has 0 amide bonds. The Morgan fingerprint density at radius 2 is 1.80 bits per heavy atom. The summed E-state index contributed by atoms with van der Waals surface area (Å²) >= 11 is 0. The molecule has 0 radical (unpaired) electrons. The van der Waals surface area contributed by atoms with Crippen LogP contribution in [0.3, 0.4) is 0 Å². The van der Waals surface area contributed by atoms with Gasteiger partial charge < -0.3 is 10.0 Å². The van der Waals surface area contributed by atoms with Crippen molar-refractivity contribution in [3.63, 3.8) is 0 Å². The molecule has 1 saturated heterocycles. The maximum absolute atomic E-state index is 13.5. The highest BCUT2D eigenvalue weighted by atomic mass is 19.1. The Bertz CT molecular complexity index is 413. The first-order valence-electron chi connectivity index (χ1n) is 7.83. The van der Waals surface area contributed by atoms with Crippen LogP contribution >= 0.6 is 0 Å². The molecule has 1 unspecified atom stereocenters. The van der Waals surface area contributed by atoms with Crippen molar-refractivity contribution in [1.82, 2.24) is 4.90 Å². The summed E-state index contributed by atoms with van der Waals surface area (Å²) in [6.45, 7) is 4.91. The van der Waals surface area contributed by atoms with Crippen LogP contribution in [-0.4, -0.2) is 29.6 Å². The van der Waals surface area contributed by atoms with E-state index in [-0.39, 0.29) is 5.82 Å². The predicted molar refractivity (Wildman–Crippen MR) is 80.2 cm³/mol. The SMILES string of the molecule is Cc1ccc(C(O)CCN2CCCCCCC2)cc1F. The van der Waals surface area contributed by atoms with Crippen LogP contribution in [0.1, 0.15) is 55.8 Å². The Balaban J connectivity index is 1.83. The van der Waals surface area contributed by atoms with E-state index in [1.807, 2.05) is 6.07 Å². The van der Waals surface area contributed by atoms with E-state index >= 15 is 0 Å². The van der Waals surface area contributed by atoms with Crippen molar-refractivity contribution in [2.45, 2.75) is 51.6 Å². The Morgan fingerprint density at radius 1 is 1.15 bits per heavy atom. The lowest BCUT2D eigenvalue weighted by Crippen LogP contribution is -2.29. The van der Waals surface area contributed by atoms with Gasteiger partial charge in [-0.1, -0.05) is 31.4 Å². The van der Waals surface area contributed by atoms with Crippen molar-refractivity contribution >= 4 is 0 Å². The molecule has 1 aromatic carbocycles. The fraction of sp³-hybridized carbons (Fsp3) is 0.647. The summed E-state index contributed by atoms with van der Waals surface area (Å²) in [6, 6.07) is 5.04. The van der Waals surface area contributed by atoms with Gasteiger partial charge in [-0.05, 0) is 56.5 Å². The molecule has 1 aliphatic rings. The van der Waals surface area contributed by atoms with E-state index in [2.05, 4.69) is 4.90 Å². The van der Waals surface area contributed by atoms with Gasteiger partial charge in [-0.25, -0.2) is 4.39 Å². The van der Waals surface area contributed by atoms with E-state index in [4.69, 9.17) is 0 Å². The van der Waals surface area contributed by atoms with Crippen molar-refractivity contribution < 1.29 is 9.50 Å². The lowest BCUT2D eigenvalue weighted by Gasteiger charge is -2.25. The molecule has 20 heavy (non-hydrogen) atoms. The minimum atomic E-state index is -0.560. The van der Waals surface area contributed by atoms with E-state index in [1.54, 1.807) is 13.0 Å². The van der Waals surface area contributed by atoms with Crippen molar-refractivity contribution in [2.24, 2.45) is 0 Å². The first kappa shape index (κ1) is 15.5. The van der Waals surface area contributed by atoms with Gasteiger partial charge in [0.25, 0.3) is 0 Å². The number of benzene rings is 1. The molecule has 0 saturated carbocycles. The molecule has 1 aliphatic heterocycles. The van der Waals surface area contributed by atoms with Gasteiger partial charge in [0.1, 0.15) is 5.82 Å². The number of likely N-dealkylation sites (tertiary alicyclic amines) is 1. The maximum Gasteiger partial charge on any atom is 0.126 e. The van der Waals surface area contributed by atoms with Gasteiger partial charge in [0.15, 0.2) is 0 Å². The third-order valence-corrected chi connectivity index (χ3v) is 4.25. The Kier molecular flexibility index (Phi) is 5.99. The standard InChI is InChI=1S/C17H26FNO/c1-14-7-8-15(13-16(14)18)17(20)9-12-19-10-5-3-2-4-6-11-19/h7-8,13,17,20H,2-6,9-12H2,1H3. The largest absolute Gasteiger partial charge is 0.388 e. The summed E-state index contributed by atoms with van der Waals surface area (Å²) in [7, 11) is 0. The lowest BCUT2D eigenvalue weighted by atomic mass is 10.0. The molecule has 1 heterocycles. The van der Waals surface area contributed by atoms with E-state index in [1.165, 1.54) is 38.2 Å². The number of nitrogens with zero attached hydrogens (tertiary/aromatic N) is 1. The highest BCUT2D eigenvalue weighted by Gasteiger charge is 2.13. The molecule has 112 valence electrons. The number of hydrogen-bond acceptors (Lipinski definition) is 2. The van der Waals surface area contributed by atoms with Crippen molar-refractivity contribution in [3.8, 4) is 0 Å². The number of aliphatic hydroxyl groups is 1. The molecule has 3 heteroatoms. The molecule has 0 bridgehead atoms. The van der Waals surface area contributed by atoms with Crippen LogP contribution in [0, 0.1) is 12.7 Å². The highest BCUT2D eigenvalue weighted by Crippen LogP contribution is 2.20. The van der Waals surface area contributed by atoms with Gasteiger partial charge >= 0.3 is 0 Å². The van der Waals surface area contributed by atoms with Gasteiger partial charge in [0.05, 0.1) is 6.10 Å². The number of rotatable bonds is 4. The molecular weight excluding hydrogens is 253 g/mol. The van der Waals surface area contributed by atoms with Crippen molar-refractivity contribution in [1.29, 1.82) is 0 Å². The quantitative estimate of drug-likeness (QED) is 0.905. The second-order valence-corrected chi connectivity index (χ2v) is 5.92. The molecule has 0 aromatic heterocycles. The average Bonchev–Trinajstić information content (AvgIpc) is 2.40. The first-order chi connectivity index (χ1) is 9.66. The fourth-order valence-electron chi connectivity index (χ4n) is 2.82. The summed E-state index contributed by atoms with van der Waals surface area (Å²) in [4.78, 5) is 2.44. The maximum atomic E-state index is 13.5. The van der Waals surface area contributed by atoms with Crippen LogP contribution in [0.5, 0.6) is 0 Å². The second kappa shape index (κ2) is 7.75. The van der Waals surface area contributed by atoms with Gasteiger partial charge in [-0.2, -0.15) is 0 Å².